The molecule has 1 aromatic carbocycles. The molecular formula is C14H15BN2O4. The molecule has 2 rings (SSSR count). The van der Waals surface area contributed by atoms with Gasteiger partial charge in [0.2, 0.25) is 5.88 Å². The fraction of sp³-hybridized carbons (Fsp3) is 0.143. The number of nitrogens with one attached hydrogen (secondary N) is 1. The predicted molar refractivity (Wildman–Crippen MR) is 78.2 cm³/mol. The van der Waals surface area contributed by atoms with Crippen molar-refractivity contribution in [1.29, 1.82) is 0 Å². The minimum absolute atomic E-state index is 0.272. The van der Waals surface area contributed by atoms with Crippen molar-refractivity contribution in [2.75, 3.05) is 7.11 Å². The van der Waals surface area contributed by atoms with Crippen molar-refractivity contribution in [3.63, 3.8) is 0 Å². The standard InChI is InChI=1S/C14H15BN2O4/c1-21-14-12(3-2-8-16-14)13(18)17-9-10-4-6-11(7-5-10)15(19)20/h2-8,19-20H,9H2,1H3,(H,17,18). The molecule has 0 fully saturated rings. The van der Waals surface area contributed by atoms with Crippen LogP contribution in [-0.4, -0.2) is 35.2 Å². The van der Waals surface area contributed by atoms with E-state index in [1.165, 1.54) is 7.11 Å². The summed E-state index contributed by atoms with van der Waals surface area (Å²) in [6, 6.07) is 9.92. The number of nitrogens with zero attached hydrogens (tertiary/aromatic N) is 1. The van der Waals surface area contributed by atoms with Crippen molar-refractivity contribution in [2.24, 2.45) is 0 Å². The Hall–Kier alpha value is -2.38. The normalized spacial score (nSPS) is 10.0. The lowest BCUT2D eigenvalue weighted by atomic mass is 9.80. The molecule has 108 valence electrons. The third-order valence-corrected chi connectivity index (χ3v) is 2.94. The smallest absolute Gasteiger partial charge is 0.480 e. The predicted octanol–water partition coefficient (Wildman–Crippen LogP) is -0.300. The molecule has 1 amide bonds. The number of carbonyl (C=O) groups excluding carboxylic acids is 1. The number of methoxy groups -OCH3 is 1. The topological polar surface area (TPSA) is 91.7 Å². The van der Waals surface area contributed by atoms with Crippen molar-refractivity contribution in [2.45, 2.75) is 6.54 Å². The Kier molecular flexibility index (Phi) is 4.92. The fourth-order valence-corrected chi connectivity index (χ4v) is 1.81. The molecule has 1 heterocycles. The maximum Gasteiger partial charge on any atom is 0.488 e. The van der Waals surface area contributed by atoms with E-state index in [4.69, 9.17) is 14.8 Å². The van der Waals surface area contributed by atoms with Gasteiger partial charge < -0.3 is 20.1 Å². The Labute approximate surface area is 122 Å². The summed E-state index contributed by atoms with van der Waals surface area (Å²) in [4.78, 5) is 16.0. The van der Waals surface area contributed by atoms with Gasteiger partial charge in [-0.3, -0.25) is 4.79 Å². The van der Waals surface area contributed by atoms with E-state index in [9.17, 15) is 4.79 Å². The molecule has 2 aromatic rings. The molecule has 0 atom stereocenters. The van der Waals surface area contributed by atoms with Crippen LogP contribution in [0.15, 0.2) is 42.6 Å². The second-order valence-electron chi connectivity index (χ2n) is 4.36. The molecule has 0 radical (unpaired) electrons. The summed E-state index contributed by atoms with van der Waals surface area (Å²) >= 11 is 0. The summed E-state index contributed by atoms with van der Waals surface area (Å²) in [5.41, 5.74) is 1.61. The third-order valence-electron chi connectivity index (χ3n) is 2.94. The van der Waals surface area contributed by atoms with Gasteiger partial charge in [-0.1, -0.05) is 24.3 Å². The highest BCUT2D eigenvalue weighted by atomic mass is 16.5. The number of benzene rings is 1. The zero-order chi connectivity index (χ0) is 15.2. The second kappa shape index (κ2) is 6.87. The van der Waals surface area contributed by atoms with E-state index in [0.29, 0.717) is 17.6 Å². The Bertz CT molecular complexity index is 617. The van der Waals surface area contributed by atoms with Crippen LogP contribution in [0, 0.1) is 0 Å². The molecule has 0 saturated heterocycles. The van der Waals surface area contributed by atoms with Gasteiger partial charge in [-0.2, -0.15) is 0 Å². The lowest BCUT2D eigenvalue weighted by Crippen LogP contribution is -2.30. The maximum absolute atomic E-state index is 12.1. The largest absolute Gasteiger partial charge is 0.488 e. The first kappa shape index (κ1) is 15.0. The first-order valence-electron chi connectivity index (χ1n) is 6.34. The Morgan fingerprint density at radius 3 is 2.62 bits per heavy atom. The number of amides is 1. The molecule has 3 N–H and O–H groups in total. The van der Waals surface area contributed by atoms with Gasteiger partial charge in [-0.15, -0.1) is 0 Å². The average molecular weight is 286 g/mol. The number of rotatable bonds is 5. The molecule has 0 bridgehead atoms. The van der Waals surface area contributed by atoms with Gasteiger partial charge in [-0.05, 0) is 23.2 Å². The fourth-order valence-electron chi connectivity index (χ4n) is 1.81. The minimum Gasteiger partial charge on any atom is -0.480 e. The van der Waals surface area contributed by atoms with E-state index in [1.807, 2.05) is 0 Å². The number of carbonyl (C=O) groups is 1. The molecule has 0 aliphatic rings. The van der Waals surface area contributed by atoms with E-state index in [0.717, 1.165) is 5.56 Å². The average Bonchev–Trinajstić information content (AvgIpc) is 2.52. The van der Waals surface area contributed by atoms with Crippen LogP contribution in [0.5, 0.6) is 5.88 Å². The molecular weight excluding hydrogens is 271 g/mol. The molecule has 0 spiro atoms. The Balaban J connectivity index is 2.00. The van der Waals surface area contributed by atoms with Crippen molar-refractivity contribution in [3.05, 3.63) is 53.7 Å². The van der Waals surface area contributed by atoms with E-state index in [1.54, 1.807) is 42.6 Å². The van der Waals surface area contributed by atoms with E-state index in [-0.39, 0.29) is 11.8 Å². The highest BCUT2D eigenvalue weighted by molar-refractivity contribution is 6.58. The zero-order valence-corrected chi connectivity index (χ0v) is 11.5. The van der Waals surface area contributed by atoms with Crippen LogP contribution in [0.1, 0.15) is 15.9 Å². The second-order valence-corrected chi connectivity index (χ2v) is 4.36. The molecule has 6 nitrogen and oxygen atoms in total. The molecule has 0 aliphatic carbocycles. The summed E-state index contributed by atoms with van der Waals surface area (Å²) < 4.78 is 5.03. The third kappa shape index (κ3) is 3.81. The van der Waals surface area contributed by atoms with Crippen molar-refractivity contribution >= 4 is 18.5 Å². The first-order chi connectivity index (χ1) is 10.1. The highest BCUT2D eigenvalue weighted by Crippen LogP contribution is 2.13. The summed E-state index contributed by atoms with van der Waals surface area (Å²) in [6.45, 7) is 0.318. The number of hydrogen-bond acceptors (Lipinski definition) is 5. The number of aromatic nitrogens is 1. The van der Waals surface area contributed by atoms with Gasteiger partial charge in [-0.25, -0.2) is 4.98 Å². The highest BCUT2D eigenvalue weighted by Gasteiger charge is 2.13. The molecule has 0 aliphatic heterocycles. The van der Waals surface area contributed by atoms with Crippen LogP contribution in [0.3, 0.4) is 0 Å². The summed E-state index contributed by atoms with van der Waals surface area (Å²) in [7, 11) is -0.0359. The van der Waals surface area contributed by atoms with Gasteiger partial charge >= 0.3 is 7.12 Å². The molecule has 21 heavy (non-hydrogen) atoms. The summed E-state index contributed by atoms with van der Waals surface area (Å²) in [5, 5.41) is 20.8. The van der Waals surface area contributed by atoms with Crippen LogP contribution >= 0.6 is 0 Å². The van der Waals surface area contributed by atoms with E-state index >= 15 is 0 Å². The minimum atomic E-state index is -1.49. The van der Waals surface area contributed by atoms with Gasteiger partial charge in [0.1, 0.15) is 5.56 Å². The number of pyridine rings is 1. The maximum atomic E-state index is 12.1. The lowest BCUT2D eigenvalue weighted by molar-refractivity contribution is 0.0947. The van der Waals surface area contributed by atoms with Gasteiger partial charge in [0.05, 0.1) is 7.11 Å². The SMILES string of the molecule is COc1ncccc1C(=O)NCc1ccc(B(O)O)cc1. The summed E-state index contributed by atoms with van der Waals surface area (Å²) in [5.74, 6) is -0.0139. The zero-order valence-electron chi connectivity index (χ0n) is 11.5. The Morgan fingerprint density at radius 2 is 2.00 bits per heavy atom. The van der Waals surface area contributed by atoms with Crippen molar-refractivity contribution in [1.82, 2.24) is 10.3 Å². The first-order valence-corrected chi connectivity index (χ1v) is 6.34. The Morgan fingerprint density at radius 1 is 1.29 bits per heavy atom. The summed E-state index contributed by atoms with van der Waals surface area (Å²) in [6.07, 6.45) is 1.55. The number of ether oxygens (including phenoxy) is 1. The van der Waals surface area contributed by atoms with Crippen molar-refractivity contribution in [3.8, 4) is 5.88 Å². The molecule has 1 aromatic heterocycles. The van der Waals surface area contributed by atoms with E-state index < -0.39 is 7.12 Å². The molecule has 0 unspecified atom stereocenters. The van der Waals surface area contributed by atoms with Crippen LogP contribution < -0.4 is 15.5 Å². The quantitative estimate of drug-likeness (QED) is 0.656. The van der Waals surface area contributed by atoms with Crippen molar-refractivity contribution < 1.29 is 19.6 Å². The molecule has 0 saturated carbocycles. The van der Waals surface area contributed by atoms with Crippen LogP contribution in [-0.2, 0) is 6.54 Å². The van der Waals surface area contributed by atoms with Gasteiger partial charge in [0.25, 0.3) is 5.91 Å². The van der Waals surface area contributed by atoms with E-state index in [2.05, 4.69) is 10.3 Å². The van der Waals surface area contributed by atoms with Crippen LogP contribution in [0.25, 0.3) is 0 Å². The molecule has 7 heteroatoms. The van der Waals surface area contributed by atoms with Crippen LogP contribution in [0.4, 0.5) is 0 Å². The lowest BCUT2D eigenvalue weighted by Gasteiger charge is -2.08. The van der Waals surface area contributed by atoms with Gasteiger partial charge in [0, 0.05) is 12.7 Å². The monoisotopic (exact) mass is 286 g/mol. The van der Waals surface area contributed by atoms with Gasteiger partial charge in [0.15, 0.2) is 0 Å². The number of hydrogen-bond donors (Lipinski definition) is 3. The van der Waals surface area contributed by atoms with Crippen LogP contribution in [0.2, 0.25) is 0 Å².